The molecule has 1 heterocycles. The summed E-state index contributed by atoms with van der Waals surface area (Å²) in [7, 11) is 0. The van der Waals surface area contributed by atoms with Crippen LogP contribution in [-0.2, 0) is 15.8 Å². The maximum atomic E-state index is 12.4. The summed E-state index contributed by atoms with van der Waals surface area (Å²) < 4.78 is 42.5. The molecule has 1 aliphatic rings. The molecule has 1 aromatic rings. The van der Waals surface area contributed by atoms with E-state index in [0.29, 0.717) is 19.5 Å². The first-order valence-electron chi connectivity index (χ1n) is 7.77. The van der Waals surface area contributed by atoms with E-state index in [1.807, 2.05) is 0 Å². The molecule has 138 valence electrons. The van der Waals surface area contributed by atoms with Gasteiger partial charge >= 0.3 is 12.1 Å². The smallest absolute Gasteiger partial charge is 0.416 e. The van der Waals surface area contributed by atoms with E-state index in [0.717, 1.165) is 12.1 Å². The standard InChI is InChI=1S/C16H19F3N2O4/c17-16(18,19)12-1-3-13(4-2-12)25-8-6-20-14(22)10-21-7-5-11(9-21)15(23)24/h1-4,11H,5-10H2,(H,20,22)(H,23,24). The van der Waals surface area contributed by atoms with Crippen LogP contribution in [0.5, 0.6) is 5.75 Å². The highest BCUT2D eigenvalue weighted by atomic mass is 19.4. The number of halogens is 3. The molecule has 1 unspecified atom stereocenters. The number of hydrogen-bond donors (Lipinski definition) is 2. The van der Waals surface area contributed by atoms with Crippen LogP contribution >= 0.6 is 0 Å². The molecule has 2 rings (SSSR count). The minimum absolute atomic E-state index is 0.115. The average molecular weight is 360 g/mol. The molecule has 1 aromatic carbocycles. The third-order valence-electron chi connectivity index (χ3n) is 3.86. The largest absolute Gasteiger partial charge is 0.492 e. The van der Waals surface area contributed by atoms with Crippen molar-refractivity contribution in [3.8, 4) is 5.75 Å². The number of alkyl halides is 3. The van der Waals surface area contributed by atoms with E-state index >= 15 is 0 Å². The Bertz CT molecular complexity index is 604. The minimum Gasteiger partial charge on any atom is -0.492 e. The first-order chi connectivity index (χ1) is 11.8. The van der Waals surface area contributed by atoms with Crippen molar-refractivity contribution < 1.29 is 32.6 Å². The normalized spacial score (nSPS) is 18.1. The summed E-state index contributed by atoms with van der Waals surface area (Å²) in [4.78, 5) is 24.4. The fourth-order valence-electron chi connectivity index (χ4n) is 2.54. The van der Waals surface area contributed by atoms with E-state index < -0.39 is 23.6 Å². The second kappa shape index (κ2) is 8.19. The zero-order chi connectivity index (χ0) is 18.4. The van der Waals surface area contributed by atoms with Gasteiger partial charge < -0.3 is 15.2 Å². The highest BCUT2D eigenvalue weighted by molar-refractivity contribution is 5.78. The second-order valence-corrected chi connectivity index (χ2v) is 5.78. The number of carbonyl (C=O) groups excluding carboxylic acids is 1. The number of amides is 1. The maximum absolute atomic E-state index is 12.4. The van der Waals surface area contributed by atoms with E-state index in [2.05, 4.69) is 5.32 Å². The van der Waals surface area contributed by atoms with Crippen molar-refractivity contribution >= 4 is 11.9 Å². The molecule has 1 saturated heterocycles. The summed E-state index contributed by atoms with van der Waals surface area (Å²) in [5.41, 5.74) is -0.751. The number of carboxylic acids is 1. The van der Waals surface area contributed by atoms with E-state index in [1.54, 1.807) is 4.90 Å². The first-order valence-corrected chi connectivity index (χ1v) is 7.77. The van der Waals surface area contributed by atoms with Crippen LogP contribution in [0.25, 0.3) is 0 Å². The lowest BCUT2D eigenvalue weighted by Gasteiger charge is -2.15. The van der Waals surface area contributed by atoms with Crippen LogP contribution in [0.1, 0.15) is 12.0 Å². The number of rotatable bonds is 7. The Morgan fingerprint density at radius 1 is 1.28 bits per heavy atom. The Morgan fingerprint density at radius 2 is 1.96 bits per heavy atom. The predicted molar refractivity (Wildman–Crippen MR) is 82.1 cm³/mol. The van der Waals surface area contributed by atoms with Crippen molar-refractivity contribution in [2.45, 2.75) is 12.6 Å². The van der Waals surface area contributed by atoms with E-state index in [9.17, 15) is 22.8 Å². The monoisotopic (exact) mass is 360 g/mol. The van der Waals surface area contributed by atoms with Gasteiger partial charge in [-0.05, 0) is 37.2 Å². The van der Waals surface area contributed by atoms with Gasteiger partial charge in [-0.1, -0.05) is 0 Å². The van der Waals surface area contributed by atoms with Gasteiger partial charge in [0.2, 0.25) is 5.91 Å². The Labute approximate surface area is 142 Å². The zero-order valence-corrected chi connectivity index (χ0v) is 13.4. The molecule has 9 heteroatoms. The van der Waals surface area contributed by atoms with Crippen molar-refractivity contribution in [2.24, 2.45) is 5.92 Å². The van der Waals surface area contributed by atoms with Crippen LogP contribution in [0.3, 0.4) is 0 Å². The molecular formula is C16H19F3N2O4. The van der Waals surface area contributed by atoms with Gasteiger partial charge in [-0.3, -0.25) is 14.5 Å². The number of carbonyl (C=O) groups is 2. The molecule has 0 spiro atoms. The second-order valence-electron chi connectivity index (χ2n) is 5.78. The molecule has 0 saturated carbocycles. The van der Waals surface area contributed by atoms with Crippen molar-refractivity contribution in [1.82, 2.24) is 10.2 Å². The maximum Gasteiger partial charge on any atom is 0.416 e. The topological polar surface area (TPSA) is 78.9 Å². The summed E-state index contributed by atoms with van der Waals surface area (Å²) in [5, 5.41) is 11.5. The average Bonchev–Trinajstić information content (AvgIpc) is 3.00. The van der Waals surface area contributed by atoms with Gasteiger partial charge in [0.25, 0.3) is 0 Å². The van der Waals surface area contributed by atoms with Gasteiger partial charge in [0.1, 0.15) is 12.4 Å². The highest BCUT2D eigenvalue weighted by Crippen LogP contribution is 2.30. The highest BCUT2D eigenvalue weighted by Gasteiger charge is 2.30. The molecule has 0 aliphatic carbocycles. The third-order valence-corrected chi connectivity index (χ3v) is 3.86. The number of carboxylic acid groups (broad SMARTS) is 1. The Morgan fingerprint density at radius 3 is 2.52 bits per heavy atom. The number of benzene rings is 1. The van der Waals surface area contributed by atoms with Crippen LogP contribution in [0, 0.1) is 5.92 Å². The Balaban J connectivity index is 1.64. The Hall–Kier alpha value is -2.29. The Kier molecular flexibility index (Phi) is 6.24. The molecule has 0 aromatic heterocycles. The predicted octanol–water partition coefficient (Wildman–Crippen LogP) is 1.61. The van der Waals surface area contributed by atoms with Crippen LogP contribution in [0.2, 0.25) is 0 Å². The van der Waals surface area contributed by atoms with Crippen molar-refractivity contribution in [1.29, 1.82) is 0 Å². The number of aliphatic carboxylic acids is 1. The molecule has 2 N–H and O–H groups in total. The summed E-state index contributed by atoms with van der Waals surface area (Å²) in [6.45, 7) is 1.35. The third kappa shape index (κ3) is 5.93. The van der Waals surface area contributed by atoms with Gasteiger partial charge in [-0.2, -0.15) is 13.2 Å². The SMILES string of the molecule is O=C(CN1CCC(C(=O)O)C1)NCCOc1ccc(C(F)(F)F)cc1. The fourth-order valence-corrected chi connectivity index (χ4v) is 2.54. The molecule has 1 atom stereocenters. The first kappa shape index (κ1) is 19.0. The molecule has 0 bridgehead atoms. The number of ether oxygens (including phenoxy) is 1. The summed E-state index contributed by atoms with van der Waals surface area (Å²) in [6, 6.07) is 4.31. The van der Waals surface area contributed by atoms with Gasteiger partial charge in [-0.25, -0.2) is 0 Å². The zero-order valence-electron chi connectivity index (χ0n) is 13.4. The molecular weight excluding hydrogens is 341 g/mol. The minimum atomic E-state index is -4.39. The fraction of sp³-hybridized carbons (Fsp3) is 0.500. The molecule has 25 heavy (non-hydrogen) atoms. The summed E-state index contributed by atoms with van der Waals surface area (Å²) >= 11 is 0. The van der Waals surface area contributed by atoms with E-state index in [4.69, 9.17) is 9.84 Å². The van der Waals surface area contributed by atoms with Crippen molar-refractivity contribution in [3.63, 3.8) is 0 Å². The summed E-state index contributed by atoms with van der Waals surface area (Å²) in [6.07, 6.45) is -3.86. The van der Waals surface area contributed by atoms with Crippen LogP contribution in [0.15, 0.2) is 24.3 Å². The van der Waals surface area contributed by atoms with Crippen LogP contribution in [-0.4, -0.2) is 54.7 Å². The van der Waals surface area contributed by atoms with Crippen molar-refractivity contribution in [2.75, 3.05) is 32.8 Å². The van der Waals surface area contributed by atoms with Gasteiger partial charge in [0, 0.05) is 6.54 Å². The van der Waals surface area contributed by atoms with Gasteiger partial charge in [0.15, 0.2) is 0 Å². The van der Waals surface area contributed by atoms with Crippen molar-refractivity contribution in [3.05, 3.63) is 29.8 Å². The number of nitrogens with one attached hydrogen (secondary N) is 1. The quantitative estimate of drug-likeness (QED) is 0.723. The number of hydrogen-bond acceptors (Lipinski definition) is 4. The van der Waals surface area contributed by atoms with E-state index in [1.165, 1.54) is 12.1 Å². The lowest BCUT2D eigenvalue weighted by molar-refractivity contribution is -0.141. The molecule has 6 nitrogen and oxygen atoms in total. The molecule has 1 aliphatic heterocycles. The summed E-state index contributed by atoms with van der Waals surface area (Å²) in [5.74, 6) is -1.25. The lowest BCUT2D eigenvalue weighted by atomic mass is 10.1. The van der Waals surface area contributed by atoms with Gasteiger partial charge in [-0.15, -0.1) is 0 Å². The lowest BCUT2D eigenvalue weighted by Crippen LogP contribution is -2.38. The number of likely N-dealkylation sites (tertiary alicyclic amines) is 1. The molecule has 0 radical (unpaired) electrons. The number of nitrogens with zero attached hydrogens (tertiary/aromatic N) is 1. The van der Waals surface area contributed by atoms with Gasteiger partial charge in [0.05, 0.1) is 24.6 Å². The molecule has 1 amide bonds. The van der Waals surface area contributed by atoms with Crippen LogP contribution < -0.4 is 10.1 Å². The van der Waals surface area contributed by atoms with Crippen LogP contribution in [0.4, 0.5) is 13.2 Å². The van der Waals surface area contributed by atoms with E-state index in [-0.39, 0.29) is 31.4 Å². The molecule has 1 fully saturated rings.